The lowest BCUT2D eigenvalue weighted by atomic mass is 9.99. The molecule has 1 fully saturated rings. The first-order valence-corrected chi connectivity index (χ1v) is 14.5. The maximum absolute atomic E-state index is 13.1. The lowest BCUT2D eigenvalue weighted by molar-refractivity contribution is -0.0109. The molecule has 0 aromatic heterocycles. The van der Waals surface area contributed by atoms with Crippen molar-refractivity contribution in [1.29, 1.82) is 0 Å². The van der Waals surface area contributed by atoms with Gasteiger partial charge in [0.1, 0.15) is 18.1 Å². The Balaban J connectivity index is 1.62. The summed E-state index contributed by atoms with van der Waals surface area (Å²) in [6.07, 6.45) is 13.8. The Kier molecular flexibility index (Phi) is 11.0. The number of aryl methyl sites for hydroxylation is 1. The van der Waals surface area contributed by atoms with Crippen molar-refractivity contribution in [2.75, 3.05) is 19.8 Å². The van der Waals surface area contributed by atoms with E-state index in [1.165, 1.54) is 5.56 Å². The van der Waals surface area contributed by atoms with E-state index in [9.17, 15) is 9.90 Å². The topological polar surface area (TPSA) is 67.8 Å². The third-order valence-corrected chi connectivity index (χ3v) is 7.09. The van der Waals surface area contributed by atoms with Crippen molar-refractivity contribution >= 4 is 18.1 Å². The molecule has 4 rings (SSSR count). The summed E-state index contributed by atoms with van der Waals surface area (Å²) in [5.41, 5.74) is 3.37. The minimum Gasteiger partial charge on any atom is -0.507 e. The number of benzene rings is 3. The van der Waals surface area contributed by atoms with E-state index in [-0.39, 0.29) is 17.8 Å². The van der Waals surface area contributed by atoms with Crippen LogP contribution in [0.15, 0.2) is 72.8 Å². The van der Waals surface area contributed by atoms with Crippen molar-refractivity contribution in [3.8, 4) is 22.6 Å². The highest BCUT2D eigenvalue weighted by Crippen LogP contribution is 2.32. The number of allylic oxidation sites excluding steroid dienone is 2. The summed E-state index contributed by atoms with van der Waals surface area (Å²) >= 11 is 0. The predicted molar refractivity (Wildman–Crippen MR) is 163 cm³/mol. The third-order valence-electron chi connectivity index (χ3n) is 7.09. The smallest absolute Gasteiger partial charge is 0.251 e. The molecule has 1 aliphatic rings. The van der Waals surface area contributed by atoms with Crippen LogP contribution in [0.5, 0.6) is 11.5 Å². The molecule has 1 heterocycles. The number of phenols is 1. The van der Waals surface area contributed by atoms with Gasteiger partial charge >= 0.3 is 0 Å². The molecule has 1 saturated heterocycles. The Bertz CT molecular complexity index is 1410. The van der Waals surface area contributed by atoms with Crippen LogP contribution < -0.4 is 20.5 Å². The summed E-state index contributed by atoms with van der Waals surface area (Å²) in [6, 6.07) is 19.6. The second kappa shape index (κ2) is 15.1. The van der Waals surface area contributed by atoms with Crippen LogP contribution in [0, 0.1) is 0 Å². The SMILES string of the molecule is C\C=C/C=c1/cc(-c2cc(C(=O)NCCCc3ccccc3)ccc2OCC2CCCCO2)cc(O)/c1=C\CC. The molecule has 3 aromatic carbocycles. The minimum absolute atomic E-state index is 0.0581. The highest BCUT2D eigenvalue weighted by atomic mass is 16.5. The maximum atomic E-state index is 13.1. The first-order chi connectivity index (χ1) is 19.6. The van der Waals surface area contributed by atoms with Gasteiger partial charge in [-0.25, -0.2) is 0 Å². The molecule has 0 bridgehead atoms. The number of amides is 1. The van der Waals surface area contributed by atoms with Crippen LogP contribution in [0.4, 0.5) is 0 Å². The van der Waals surface area contributed by atoms with Crippen molar-refractivity contribution in [3.63, 3.8) is 0 Å². The van der Waals surface area contributed by atoms with E-state index in [2.05, 4.69) is 17.4 Å². The number of hydrogen-bond donors (Lipinski definition) is 2. The summed E-state index contributed by atoms with van der Waals surface area (Å²) in [4.78, 5) is 13.1. The lowest BCUT2D eigenvalue weighted by Gasteiger charge is -2.23. The van der Waals surface area contributed by atoms with E-state index in [0.717, 1.165) is 66.7 Å². The molecule has 5 nitrogen and oxygen atoms in total. The molecular weight excluding hydrogens is 498 g/mol. The summed E-state index contributed by atoms with van der Waals surface area (Å²) in [7, 11) is 0. The number of carbonyl (C=O) groups is 1. The number of phenolic OH excluding ortho intramolecular Hbond substituents is 1. The Labute approximate surface area is 237 Å². The van der Waals surface area contributed by atoms with Gasteiger partial charge in [-0.15, -0.1) is 0 Å². The van der Waals surface area contributed by atoms with E-state index >= 15 is 0 Å². The average Bonchev–Trinajstić information content (AvgIpc) is 2.99. The maximum Gasteiger partial charge on any atom is 0.251 e. The number of ether oxygens (including phenoxy) is 2. The largest absolute Gasteiger partial charge is 0.507 e. The van der Waals surface area contributed by atoms with Crippen LogP contribution in [0.3, 0.4) is 0 Å². The van der Waals surface area contributed by atoms with Gasteiger partial charge in [0, 0.05) is 29.5 Å². The molecule has 0 spiro atoms. The number of nitrogens with one attached hydrogen (secondary N) is 1. The van der Waals surface area contributed by atoms with Gasteiger partial charge in [0.2, 0.25) is 0 Å². The van der Waals surface area contributed by atoms with Crippen molar-refractivity contribution in [2.24, 2.45) is 0 Å². The van der Waals surface area contributed by atoms with Crippen molar-refractivity contribution < 1.29 is 19.4 Å². The van der Waals surface area contributed by atoms with E-state index in [0.29, 0.717) is 24.5 Å². The molecule has 0 aliphatic carbocycles. The molecule has 1 amide bonds. The zero-order chi connectivity index (χ0) is 28.2. The number of aromatic hydroxyl groups is 1. The van der Waals surface area contributed by atoms with Crippen molar-refractivity contribution in [3.05, 3.63) is 94.4 Å². The Morgan fingerprint density at radius 2 is 1.98 bits per heavy atom. The van der Waals surface area contributed by atoms with Gasteiger partial charge in [0.05, 0.1) is 6.10 Å². The quantitative estimate of drug-likeness (QED) is 0.297. The average molecular weight is 540 g/mol. The van der Waals surface area contributed by atoms with Crippen LogP contribution in [0.1, 0.15) is 61.9 Å². The van der Waals surface area contributed by atoms with E-state index < -0.39 is 0 Å². The predicted octanol–water partition coefficient (Wildman–Crippen LogP) is 5.92. The zero-order valence-corrected chi connectivity index (χ0v) is 23.7. The minimum atomic E-state index is -0.127. The molecule has 2 N–H and O–H groups in total. The van der Waals surface area contributed by atoms with Crippen LogP contribution in [-0.4, -0.2) is 36.9 Å². The summed E-state index contributed by atoms with van der Waals surface area (Å²) in [5.74, 6) is 0.739. The highest BCUT2D eigenvalue weighted by molar-refractivity contribution is 5.96. The zero-order valence-electron chi connectivity index (χ0n) is 23.7. The Morgan fingerprint density at radius 1 is 1.12 bits per heavy atom. The van der Waals surface area contributed by atoms with Gasteiger partial charge < -0.3 is 19.9 Å². The molecule has 0 radical (unpaired) electrons. The molecule has 3 aromatic rings. The first kappa shape index (κ1) is 29.2. The fourth-order valence-electron chi connectivity index (χ4n) is 4.97. The first-order valence-electron chi connectivity index (χ1n) is 14.5. The monoisotopic (exact) mass is 539 g/mol. The normalized spacial score (nSPS) is 16.4. The van der Waals surface area contributed by atoms with E-state index in [1.807, 2.05) is 74.5 Å². The van der Waals surface area contributed by atoms with Gasteiger partial charge in [0.25, 0.3) is 5.91 Å². The number of carbonyl (C=O) groups excluding carboxylic acids is 1. The summed E-state index contributed by atoms with van der Waals surface area (Å²) in [6.45, 7) is 5.81. The van der Waals surface area contributed by atoms with Crippen molar-refractivity contribution in [1.82, 2.24) is 5.32 Å². The number of hydrogen-bond acceptors (Lipinski definition) is 4. The number of rotatable bonds is 11. The molecule has 210 valence electrons. The van der Waals surface area contributed by atoms with Crippen molar-refractivity contribution in [2.45, 2.75) is 58.5 Å². The van der Waals surface area contributed by atoms with Crippen LogP contribution in [-0.2, 0) is 11.2 Å². The van der Waals surface area contributed by atoms with Gasteiger partial charge in [-0.2, -0.15) is 0 Å². The second-order valence-electron chi connectivity index (χ2n) is 10.2. The molecule has 1 atom stereocenters. The third kappa shape index (κ3) is 8.09. The van der Waals surface area contributed by atoms with Crippen LogP contribution >= 0.6 is 0 Å². The Morgan fingerprint density at radius 3 is 2.73 bits per heavy atom. The lowest BCUT2D eigenvalue weighted by Crippen LogP contribution is -2.27. The van der Waals surface area contributed by atoms with Gasteiger partial charge in [-0.3, -0.25) is 4.79 Å². The standard InChI is InChI=1S/C35H41NO4/c1-3-5-16-27-22-29(24-33(37)31(27)12-4-2)32-23-28(18-19-34(32)40-25-30-17-9-10-21-39-30)35(38)36-20-11-15-26-13-7-6-8-14-26/h3,5-8,12-14,16,18-19,22-24,30,37H,4,9-11,15,17,20-21,25H2,1-2H3,(H,36,38)/b5-3-,27-16-,31-12-. The highest BCUT2D eigenvalue weighted by Gasteiger charge is 2.18. The molecule has 1 aliphatic heterocycles. The molecule has 40 heavy (non-hydrogen) atoms. The van der Waals surface area contributed by atoms with Gasteiger partial charge in [0.15, 0.2) is 0 Å². The molecule has 0 saturated carbocycles. The molecular formula is C35H41NO4. The Hall–Kier alpha value is -3.83. The summed E-state index contributed by atoms with van der Waals surface area (Å²) in [5, 5.41) is 15.8. The second-order valence-corrected chi connectivity index (χ2v) is 10.2. The van der Waals surface area contributed by atoms with Crippen LogP contribution in [0.2, 0.25) is 0 Å². The van der Waals surface area contributed by atoms with Crippen LogP contribution in [0.25, 0.3) is 23.3 Å². The van der Waals surface area contributed by atoms with Gasteiger partial charge in [-0.05, 0) is 92.1 Å². The molecule has 1 unspecified atom stereocenters. The van der Waals surface area contributed by atoms with Gasteiger partial charge in [-0.1, -0.05) is 61.6 Å². The van der Waals surface area contributed by atoms with E-state index in [4.69, 9.17) is 9.47 Å². The fraction of sp³-hybridized carbons (Fsp3) is 0.343. The van der Waals surface area contributed by atoms with E-state index in [1.54, 1.807) is 12.1 Å². The summed E-state index contributed by atoms with van der Waals surface area (Å²) < 4.78 is 12.2. The fourth-order valence-corrected chi connectivity index (χ4v) is 4.97. The molecule has 5 heteroatoms.